The molecule has 0 saturated carbocycles. The van der Waals surface area contributed by atoms with Gasteiger partial charge in [-0.1, -0.05) is 95.9 Å². The van der Waals surface area contributed by atoms with Crippen molar-refractivity contribution in [3.63, 3.8) is 0 Å². The van der Waals surface area contributed by atoms with Gasteiger partial charge in [-0.25, -0.2) is 0 Å². The Morgan fingerprint density at radius 3 is 2.45 bits per heavy atom. The zero-order valence-corrected chi connectivity index (χ0v) is 21.6. The Labute approximate surface area is 227 Å². The van der Waals surface area contributed by atoms with Gasteiger partial charge in [-0.3, -0.25) is 0 Å². The van der Waals surface area contributed by atoms with Crippen LogP contribution in [0.25, 0.3) is 22.8 Å². The summed E-state index contributed by atoms with van der Waals surface area (Å²) < 4.78 is 5.53. The quantitative estimate of drug-likeness (QED) is 0.188. The predicted molar refractivity (Wildman–Crippen MR) is 152 cm³/mol. The molecule has 0 fully saturated rings. The number of rotatable bonds is 8. The van der Waals surface area contributed by atoms with E-state index in [0.29, 0.717) is 21.7 Å². The van der Waals surface area contributed by atoms with Crippen molar-refractivity contribution in [3.05, 3.63) is 136 Å². The first-order valence-corrected chi connectivity index (χ1v) is 12.6. The van der Waals surface area contributed by atoms with Crippen molar-refractivity contribution < 1.29 is 14.9 Å². The molecule has 5 rings (SSSR count). The third-order valence-corrected chi connectivity index (χ3v) is 7.06. The number of aromatic nitrogens is 1. The van der Waals surface area contributed by atoms with Crippen molar-refractivity contribution in [2.45, 2.75) is 17.9 Å². The van der Waals surface area contributed by atoms with Gasteiger partial charge in [0, 0.05) is 27.6 Å². The number of halogens is 1. The number of hydrogen-bond donors (Lipinski definition) is 2. The van der Waals surface area contributed by atoms with Crippen LogP contribution in [0.15, 0.2) is 109 Å². The Kier molecular flexibility index (Phi) is 7.07. The lowest BCUT2D eigenvalue weighted by atomic mass is 9.69. The summed E-state index contributed by atoms with van der Waals surface area (Å²) in [4.78, 5) is 4.41. The molecule has 2 unspecified atom stereocenters. The maximum Gasteiger partial charge on any atom is 0.224 e. The third-order valence-electron chi connectivity index (χ3n) is 6.81. The Morgan fingerprint density at radius 1 is 1.03 bits per heavy atom. The molecule has 1 aliphatic rings. The molecular formula is C33H26ClNO3. The van der Waals surface area contributed by atoms with Crippen LogP contribution >= 0.6 is 11.6 Å². The molecule has 0 spiro atoms. The van der Waals surface area contributed by atoms with Gasteiger partial charge in [0.15, 0.2) is 0 Å². The van der Waals surface area contributed by atoms with Gasteiger partial charge < -0.3 is 14.9 Å². The van der Waals surface area contributed by atoms with E-state index in [1.54, 1.807) is 18.2 Å². The highest BCUT2D eigenvalue weighted by Gasteiger charge is 2.44. The summed E-state index contributed by atoms with van der Waals surface area (Å²) in [5.74, 6) is -0.709. The van der Waals surface area contributed by atoms with Gasteiger partial charge in [0.05, 0.1) is 7.11 Å². The SMILES string of the molecule is C=CCC(O)(C1=C=C=Cc2ccccc21)C(c1ccccc1)c1cc(-c2ccc(Cl)cc2)c(OC)nc1O. The monoisotopic (exact) mass is 519 g/mol. The minimum Gasteiger partial charge on any atom is -0.493 e. The molecule has 188 valence electrons. The van der Waals surface area contributed by atoms with Gasteiger partial charge in [0.2, 0.25) is 11.8 Å². The fraction of sp³-hybridized carbons (Fsp3) is 0.121. The Balaban J connectivity index is 1.80. The normalized spacial score (nSPS) is 14.2. The lowest BCUT2D eigenvalue weighted by Gasteiger charge is -2.38. The molecule has 4 nitrogen and oxygen atoms in total. The Bertz CT molecular complexity index is 1600. The van der Waals surface area contributed by atoms with Crippen molar-refractivity contribution in [2.24, 2.45) is 0 Å². The first kappa shape index (κ1) is 25.4. The molecular weight excluding hydrogens is 494 g/mol. The fourth-order valence-electron chi connectivity index (χ4n) is 5.09. The minimum absolute atomic E-state index is 0.187. The number of aromatic hydroxyl groups is 1. The Hall–Kier alpha value is -4.30. The fourth-order valence-corrected chi connectivity index (χ4v) is 5.22. The Morgan fingerprint density at radius 2 is 1.74 bits per heavy atom. The van der Waals surface area contributed by atoms with Gasteiger partial charge >= 0.3 is 0 Å². The third kappa shape index (κ3) is 4.59. The molecule has 4 aromatic rings. The number of methoxy groups -OCH3 is 1. The van der Waals surface area contributed by atoms with E-state index in [1.165, 1.54) is 7.11 Å². The molecule has 3 aromatic carbocycles. The van der Waals surface area contributed by atoms with Crippen LogP contribution in [0.5, 0.6) is 11.8 Å². The molecule has 0 amide bonds. The summed E-state index contributed by atoms with van der Waals surface area (Å²) >= 11 is 6.13. The second-order valence-corrected chi connectivity index (χ2v) is 9.54. The lowest BCUT2D eigenvalue weighted by molar-refractivity contribution is 0.0860. The highest BCUT2D eigenvalue weighted by molar-refractivity contribution is 6.30. The summed E-state index contributed by atoms with van der Waals surface area (Å²) in [6.07, 6.45) is 3.71. The van der Waals surface area contributed by atoms with Gasteiger partial charge in [0.1, 0.15) is 5.60 Å². The average molecular weight is 520 g/mol. The van der Waals surface area contributed by atoms with Crippen molar-refractivity contribution in [1.29, 1.82) is 0 Å². The number of nitrogens with zero attached hydrogens (tertiary/aromatic N) is 1. The van der Waals surface area contributed by atoms with Crippen LogP contribution < -0.4 is 4.74 Å². The van der Waals surface area contributed by atoms with Crippen molar-refractivity contribution in [1.82, 2.24) is 4.98 Å². The van der Waals surface area contributed by atoms with Crippen LogP contribution in [0, 0.1) is 0 Å². The number of benzene rings is 3. The van der Waals surface area contributed by atoms with Crippen molar-refractivity contribution in [3.8, 4) is 22.9 Å². The highest BCUT2D eigenvalue weighted by Crippen LogP contribution is 2.49. The van der Waals surface area contributed by atoms with Crippen LogP contribution in [-0.4, -0.2) is 27.9 Å². The van der Waals surface area contributed by atoms with E-state index in [-0.39, 0.29) is 18.2 Å². The highest BCUT2D eigenvalue weighted by atomic mass is 35.5. The standard InChI is InChI=1S/C33H26ClNO3/c1-3-20-33(37,29-15-9-13-22-10-7-8-14-26(22)29)30(24-11-5-4-6-12-24)28-21-27(32(38-2)35-31(28)36)23-16-18-25(34)19-17-23/h3-8,10-14,16-19,21,30,37H,1,20H2,2H3,(H,35,36). The molecule has 0 radical (unpaired) electrons. The first-order chi connectivity index (χ1) is 18.5. The first-order valence-electron chi connectivity index (χ1n) is 12.2. The van der Waals surface area contributed by atoms with Gasteiger partial charge in [-0.05, 0) is 52.9 Å². The van der Waals surface area contributed by atoms with Crippen LogP contribution in [0.4, 0.5) is 0 Å². The van der Waals surface area contributed by atoms with Crippen LogP contribution in [0.3, 0.4) is 0 Å². The molecule has 2 atom stereocenters. The summed E-state index contributed by atoms with van der Waals surface area (Å²) in [5, 5.41) is 24.6. The smallest absolute Gasteiger partial charge is 0.224 e. The lowest BCUT2D eigenvalue weighted by Crippen LogP contribution is -2.38. The molecule has 38 heavy (non-hydrogen) atoms. The van der Waals surface area contributed by atoms with Gasteiger partial charge in [-0.15, -0.1) is 6.58 Å². The zero-order valence-electron chi connectivity index (χ0n) is 20.9. The van der Waals surface area contributed by atoms with E-state index in [4.69, 9.17) is 16.3 Å². The second kappa shape index (κ2) is 10.6. The van der Waals surface area contributed by atoms with E-state index in [9.17, 15) is 10.2 Å². The molecule has 1 heterocycles. The van der Waals surface area contributed by atoms with E-state index in [0.717, 1.165) is 22.3 Å². The summed E-state index contributed by atoms with van der Waals surface area (Å²) in [6, 6.07) is 26.5. The van der Waals surface area contributed by atoms with Crippen molar-refractivity contribution >= 4 is 23.3 Å². The van der Waals surface area contributed by atoms with E-state index in [2.05, 4.69) is 23.0 Å². The second-order valence-electron chi connectivity index (χ2n) is 9.10. The number of fused-ring (bicyclic) bond motifs is 1. The van der Waals surface area contributed by atoms with Gasteiger partial charge in [0.25, 0.3) is 0 Å². The number of aliphatic hydroxyl groups is 1. The average Bonchev–Trinajstić information content (AvgIpc) is 2.94. The molecule has 0 saturated heterocycles. The molecule has 0 bridgehead atoms. The molecule has 2 N–H and O–H groups in total. The summed E-state index contributed by atoms with van der Waals surface area (Å²) in [6.45, 7) is 3.95. The van der Waals surface area contributed by atoms with Crippen LogP contribution in [-0.2, 0) is 0 Å². The van der Waals surface area contributed by atoms with E-state index < -0.39 is 11.5 Å². The predicted octanol–water partition coefficient (Wildman–Crippen LogP) is 7.42. The minimum atomic E-state index is -1.55. The maximum absolute atomic E-state index is 12.7. The van der Waals surface area contributed by atoms with Crippen LogP contribution in [0.2, 0.25) is 5.02 Å². The van der Waals surface area contributed by atoms with E-state index >= 15 is 0 Å². The number of hydrogen-bond acceptors (Lipinski definition) is 4. The van der Waals surface area contributed by atoms with Crippen LogP contribution in [0.1, 0.15) is 34.6 Å². The molecule has 1 aliphatic carbocycles. The topological polar surface area (TPSA) is 62.6 Å². The summed E-state index contributed by atoms with van der Waals surface area (Å²) in [5.41, 5.74) is 9.74. The molecule has 5 heteroatoms. The number of ether oxygens (including phenoxy) is 1. The largest absolute Gasteiger partial charge is 0.493 e. The molecule has 0 aliphatic heterocycles. The van der Waals surface area contributed by atoms with Crippen molar-refractivity contribution in [2.75, 3.05) is 7.11 Å². The number of pyridine rings is 1. The summed E-state index contributed by atoms with van der Waals surface area (Å²) in [7, 11) is 1.50. The van der Waals surface area contributed by atoms with E-state index in [1.807, 2.05) is 78.9 Å². The zero-order chi connectivity index (χ0) is 26.7. The molecule has 1 aromatic heterocycles. The maximum atomic E-state index is 12.7. The van der Waals surface area contributed by atoms with Gasteiger partial charge in [-0.2, -0.15) is 4.98 Å².